The number of hydrogen-bond donors (Lipinski definition) is 2. The van der Waals surface area contributed by atoms with Crippen LogP contribution >= 0.6 is 0 Å². The third-order valence-electron chi connectivity index (χ3n) is 6.22. The van der Waals surface area contributed by atoms with Crippen molar-refractivity contribution in [1.82, 2.24) is 14.4 Å². The molecule has 0 spiro atoms. The molecule has 2 atom stereocenters. The summed E-state index contributed by atoms with van der Waals surface area (Å²) in [7, 11) is 0. The number of benzene rings is 2. The molecule has 1 aliphatic carbocycles. The van der Waals surface area contributed by atoms with Crippen molar-refractivity contribution in [3.63, 3.8) is 0 Å². The van der Waals surface area contributed by atoms with E-state index in [1.807, 2.05) is 32.0 Å². The van der Waals surface area contributed by atoms with E-state index in [2.05, 4.69) is 30.1 Å². The maximum atomic E-state index is 12.0. The number of nitriles is 1. The summed E-state index contributed by atoms with van der Waals surface area (Å²) >= 11 is -0.100. The number of aliphatic hydroxyl groups is 1. The minimum absolute atomic E-state index is 0.0440. The molecular weight excluding hydrogens is 476 g/mol. The monoisotopic (exact) mass is 508 g/mol. The molecule has 0 radical (unpaired) electrons. The van der Waals surface area contributed by atoms with E-state index in [0.29, 0.717) is 47.5 Å². The molecular formula is C27H32N4O4S. The number of ether oxygens (including phenoxy) is 1. The van der Waals surface area contributed by atoms with Crippen LogP contribution in [0.15, 0.2) is 40.9 Å². The van der Waals surface area contributed by atoms with E-state index in [0.717, 1.165) is 29.5 Å². The molecule has 0 saturated carbocycles. The Kier molecular flexibility index (Phi) is 8.19. The van der Waals surface area contributed by atoms with Crippen molar-refractivity contribution in [1.29, 1.82) is 5.26 Å². The van der Waals surface area contributed by atoms with Crippen molar-refractivity contribution in [3.05, 3.63) is 53.1 Å². The average molecular weight is 509 g/mol. The molecule has 0 saturated heterocycles. The second-order valence-electron chi connectivity index (χ2n) is 9.83. The predicted molar refractivity (Wildman–Crippen MR) is 138 cm³/mol. The standard InChI is InChI=1S/C27H32N4O4S/c1-16(2)12-20(32)15-31(36-33)24-10-9-21-22(24)6-5-7-23(21)26-29-27(35-30-26)18-8-11-25(34-17(3)4)19(13-18)14-28/h5-8,11,13,16-17,20,24,32,36H,9-10,12,15H2,1-4H3/t20?,24-/m0/s1. The SMILES string of the molecule is CC(C)CC(O)CN([SH]=O)[C@H]1CCc2c(-c3noc(-c4ccc(OC(C)C)c(C#N)c4)n3)cccc21. The molecule has 2 aromatic carbocycles. The van der Waals surface area contributed by atoms with Crippen LogP contribution < -0.4 is 4.74 Å². The highest BCUT2D eigenvalue weighted by Crippen LogP contribution is 2.40. The Bertz CT molecular complexity index is 1270. The number of aliphatic hydroxyl groups excluding tert-OH is 1. The van der Waals surface area contributed by atoms with Gasteiger partial charge in [-0.25, -0.2) is 8.51 Å². The molecule has 1 heterocycles. The van der Waals surface area contributed by atoms with Crippen molar-refractivity contribution in [3.8, 4) is 34.7 Å². The van der Waals surface area contributed by atoms with E-state index in [4.69, 9.17) is 9.26 Å². The third-order valence-corrected chi connectivity index (χ3v) is 6.87. The first-order valence-electron chi connectivity index (χ1n) is 12.3. The molecule has 0 amide bonds. The Morgan fingerprint density at radius 3 is 2.78 bits per heavy atom. The van der Waals surface area contributed by atoms with Gasteiger partial charge in [-0.15, -0.1) is 0 Å². The summed E-state index contributed by atoms with van der Waals surface area (Å²) in [6.07, 6.45) is 1.66. The lowest BCUT2D eigenvalue weighted by atomic mass is 10.0. The quantitative estimate of drug-likeness (QED) is 0.384. The summed E-state index contributed by atoms with van der Waals surface area (Å²) in [6, 6.07) is 13.3. The second kappa shape index (κ2) is 11.3. The van der Waals surface area contributed by atoms with E-state index in [1.165, 1.54) is 0 Å². The predicted octanol–water partition coefficient (Wildman–Crippen LogP) is 4.62. The van der Waals surface area contributed by atoms with Crippen molar-refractivity contribution in [2.75, 3.05) is 6.54 Å². The Morgan fingerprint density at radius 2 is 2.08 bits per heavy atom. The minimum Gasteiger partial charge on any atom is -0.490 e. The van der Waals surface area contributed by atoms with E-state index in [-0.39, 0.29) is 24.0 Å². The zero-order valence-electron chi connectivity index (χ0n) is 21.0. The lowest BCUT2D eigenvalue weighted by Gasteiger charge is -2.26. The molecule has 0 aliphatic heterocycles. The van der Waals surface area contributed by atoms with Crippen LogP contribution in [0.1, 0.15) is 63.3 Å². The van der Waals surface area contributed by atoms with Crippen LogP contribution in [0.2, 0.25) is 0 Å². The summed E-state index contributed by atoms with van der Waals surface area (Å²) < 4.78 is 25.1. The summed E-state index contributed by atoms with van der Waals surface area (Å²) in [5, 5.41) is 24.2. The molecule has 9 heteroatoms. The lowest BCUT2D eigenvalue weighted by molar-refractivity contribution is 0.115. The minimum atomic E-state index is -0.533. The number of nitrogens with zero attached hydrogens (tertiary/aromatic N) is 4. The smallest absolute Gasteiger partial charge is 0.258 e. The molecule has 0 fully saturated rings. The third kappa shape index (κ3) is 5.67. The molecule has 8 nitrogen and oxygen atoms in total. The highest BCUT2D eigenvalue weighted by molar-refractivity contribution is 7.63. The summed E-state index contributed by atoms with van der Waals surface area (Å²) in [5.74, 6) is 1.67. The van der Waals surface area contributed by atoms with Gasteiger partial charge in [0.25, 0.3) is 5.89 Å². The van der Waals surface area contributed by atoms with Crippen LogP contribution in [0.25, 0.3) is 22.8 Å². The molecule has 1 aliphatic rings. The number of fused-ring (bicyclic) bond motifs is 1. The molecule has 4 rings (SSSR count). The zero-order valence-corrected chi connectivity index (χ0v) is 21.9. The fourth-order valence-electron chi connectivity index (χ4n) is 4.76. The summed E-state index contributed by atoms with van der Waals surface area (Å²) in [6.45, 7) is 8.29. The summed E-state index contributed by atoms with van der Waals surface area (Å²) in [4.78, 5) is 4.62. The zero-order chi connectivity index (χ0) is 25.8. The first kappa shape index (κ1) is 26.0. The maximum absolute atomic E-state index is 12.0. The second-order valence-corrected chi connectivity index (χ2v) is 10.5. The van der Waals surface area contributed by atoms with Crippen LogP contribution in [-0.4, -0.2) is 42.5 Å². The number of rotatable bonds is 10. The molecule has 1 aromatic heterocycles. The van der Waals surface area contributed by atoms with Gasteiger partial charge in [0.05, 0.1) is 29.6 Å². The molecule has 1 N–H and O–H groups in total. The number of thiol groups is 1. The normalized spacial score (nSPS) is 15.9. The number of aromatic nitrogens is 2. The van der Waals surface area contributed by atoms with Gasteiger partial charge in [0.1, 0.15) is 11.8 Å². The van der Waals surface area contributed by atoms with Gasteiger partial charge in [-0.05, 0) is 68.4 Å². The van der Waals surface area contributed by atoms with E-state index in [1.54, 1.807) is 22.5 Å². The van der Waals surface area contributed by atoms with Crippen LogP contribution in [0, 0.1) is 17.2 Å². The van der Waals surface area contributed by atoms with E-state index >= 15 is 0 Å². The maximum Gasteiger partial charge on any atom is 0.258 e. The van der Waals surface area contributed by atoms with Crippen molar-refractivity contribution < 1.29 is 18.6 Å². The molecule has 0 bridgehead atoms. The van der Waals surface area contributed by atoms with Crippen molar-refractivity contribution >= 4 is 11.9 Å². The summed E-state index contributed by atoms with van der Waals surface area (Å²) in [5.41, 5.74) is 4.08. The Balaban J connectivity index is 1.59. The van der Waals surface area contributed by atoms with Gasteiger partial charge in [0.2, 0.25) is 5.82 Å². The highest BCUT2D eigenvalue weighted by atomic mass is 32.2. The van der Waals surface area contributed by atoms with Gasteiger partial charge in [-0.2, -0.15) is 10.2 Å². The van der Waals surface area contributed by atoms with Gasteiger partial charge in [0.15, 0.2) is 0 Å². The first-order valence-corrected chi connectivity index (χ1v) is 13.0. The largest absolute Gasteiger partial charge is 0.490 e. The van der Waals surface area contributed by atoms with Crippen molar-refractivity contribution in [2.24, 2.45) is 5.92 Å². The van der Waals surface area contributed by atoms with Gasteiger partial charge in [-0.3, -0.25) is 0 Å². The van der Waals surface area contributed by atoms with Gasteiger partial charge in [-0.1, -0.05) is 37.2 Å². The molecule has 36 heavy (non-hydrogen) atoms. The fraction of sp³-hybridized carbons (Fsp3) is 0.444. The Labute approximate surface area is 215 Å². The number of hydrogen-bond acceptors (Lipinski definition) is 7. The van der Waals surface area contributed by atoms with Crippen LogP contribution in [0.3, 0.4) is 0 Å². The highest BCUT2D eigenvalue weighted by Gasteiger charge is 2.31. The molecule has 190 valence electrons. The van der Waals surface area contributed by atoms with Gasteiger partial charge in [0, 0.05) is 23.7 Å². The Morgan fingerprint density at radius 1 is 1.28 bits per heavy atom. The van der Waals surface area contributed by atoms with Crippen LogP contribution in [0.5, 0.6) is 5.75 Å². The topological polar surface area (TPSA) is 112 Å². The van der Waals surface area contributed by atoms with Gasteiger partial charge >= 0.3 is 0 Å². The molecule has 1 unspecified atom stereocenters. The first-order chi connectivity index (χ1) is 17.3. The van der Waals surface area contributed by atoms with E-state index < -0.39 is 6.10 Å². The Hall–Kier alpha value is -3.06. The lowest BCUT2D eigenvalue weighted by Crippen LogP contribution is -2.32. The van der Waals surface area contributed by atoms with Crippen LogP contribution in [0.4, 0.5) is 0 Å². The van der Waals surface area contributed by atoms with Crippen LogP contribution in [-0.2, 0) is 18.3 Å². The average Bonchev–Trinajstić information content (AvgIpc) is 3.50. The van der Waals surface area contributed by atoms with E-state index in [9.17, 15) is 14.6 Å². The van der Waals surface area contributed by atoms with Crippen molar-refractivity contribution in [2.45, 2.75) is 65.2 Å². The fourth-order valence-corrected chi connectivity index (χ4v) is 5.37. The molecule has 3 aromatic rings. The van der Waals surface area contributed by atoms with Gasteiger partial charge < -0.3 is 14.4 Å².